The summed E-state index contributed by atoms with van der Waals surface area (Å²) in [5.74, 6) is 1.56. The summed E-state index contributed by atoms with van der Waals surface area (Å²) in [4.78, 5) is 25.1. The van der Waals surface area contributed by atoms with Gasteiger partial charge in [-0.2, -0.15) is 0 Å². The van der Waals surface area contributed by atoms with Crippen molar-refractivity contribution in [1.82, 2.24) is 9.97 Å². The van der Waals surface area contributed by atoms with E-state index in [1.807, 2.05) is 66.7 Å². The third-order valence-electron chi connectivity index (χ3n) is 4.50. The fraction of sp³-hybridized carbons (Fsp3) is 0.174. The number of hydrogen-bond donors (Lipinski definition) is 0. The number of hydrogen-bond acceptors (Lipinski definition) is 6. The number of para-hydroxylation sites is 1. The molecule has 0 radical (unpaired) electrons. The monoisotopic (exact) mass is 435 g/mol. The van der Waals surface area contributed by atoms with Gasteiger partial charge in [0.25, 0.3) is 0 Å². The molecule has 152 valence electrons. The van der Waals surface area contributed by atoms with E-state index in [9.17, 15) is 4.79 Å². The molecular formula is C23H21N3O2S2. The Bertz CT molecular complexity index is 1080. The van der Waals surface area contributed by atoms with E-state index >= 15 is 0 Å². The van der Waals surface area contributed by atoms with Crippen LogP contribution in [0.3, 0.4) is 0 Å². The lowest BCUT2D eigenvalue weighted by molar-refractivity contribution is -0.118. The molecule has 1 amide bonds. The molecule has 0 aliphatic heterocycles. The highest BCUT2D eigenvalue weighted by Crippen LogP contribution is 2.30. The van der Waals surface area contributed by atoms with E-state index in [-0.39, 0.29) is 5.91 Å². The summed E-state index contributed by atoms with van der Waals surface area (Å²) in [6.07, 6.45) is 2.16. The minimum absolute atomic E-state index is 0.0423. The molecule has 0 atom stereocenters. The van der Waals surface area contributed by atoms with Crippen LogP contribution >= 0.6 is 23.1 Å². The lowest BCUT2D eigenvalue weighted by atomic mass is 10.3. The summed E-state index contributed by atoms with van der Waals surface area (Å²) in [7, 11) is 1.65. The maximum atomic E-state index is 13.1. The van der Waals surface area contributed by atoms with Crippen LogP contribution < -0.4 is 9.64 Å². The van der Waals surface area contributed by atoms with E-state index in [0.717, 1.165) is 26.6 Å². The zero-order valence-electron chi connectivity index (χ0n) is 16.5. The molecule has 0 bridgehead atoms. The number of carbonyl (C=O) groups excluding carboxylic acids is 1. The topological polar surface area (TPSA) is 55.3 Å². The molecule has 2 aromatic carbocycles. The SMILES string of the molecule is COc1ccc(SCCC(=O)N(Cc2ccccn2)c2nc3ccccc3s2)cc1. The number of benzene rings is 2. The number of aromatic nitrogens is 2. The Morgan fingerprint density at radius 3 is 2.60 bits per heavy atom. The molecule has 0 N–H and O–H groups in total. The number of nitrogens with zero attached hydrogens (tertiary/aromatic N) is 3. The zero-order valence-corrected chi connectivity index (χ0v) is 18.2. The number of ether oxygens (including phenoxy) is 1. The van der Waals surface area contributed by atoms with E-state index in [0.29, 0.717) is 23.8 Å². The number of methoxy groups -OCH3 is 1. The number of carbonyl (C=O) groups is 1. The molecule has 2 aromatic heterocycles. The fourth-order valence-corrected chi connectivity index (χ4v) is 4.78. The number of pyridine rings is 1. The van der Waals surface area contributed by atoms with Crippen LogP contribution in [0.25, 0.3) is 10.2 Å². The van der Waals surface area contributed by atoms with Crippen molar-refractivity contribution in [3.63, 3.8) is 0 Å². The molecular weight excluding hydrogens is 414 g/mol. The van der Waals surface area contributed by atoms with E-state index in [4.69, 9.17) is 9.72 Å². The Morgan fingerprint density at radius 1 is 1.07 bits per heavy atom. The minimum atomic E-state index is 0.0423. The highest BCUT2D eigenvalue weighted by molar-refractivity contribution is 7.99. The number of amides is 1. The Hall–Kier alpha value is -2.90. The maximum absolute atomic E-state index is 13.1. The van der Waals surface area contributed by atoms with Crippen LogP contribution in [0.1, 0.15) is 12.1 Å². The summed E-state index contributed by atoms with van der Waals surface area (Å²) in [6, 6.07) is 21.6. The lowest BCUT2D eigenvalue weighted by Crippen LogP contribution is -2.30. The van der Waals surface area contributed by atoms with Crippen LogP contribution in [0.5, 0.6) is 5.75 Å². The van der Waals surface area contributed by atoms with Gasteiger partial charge in [-0.1, -0.05) is 29.5 Å². The average Bonchev–Trinajstić information content (AvgIpc) is 3.22. The molecule has 0 fully saturated rings. The number of fused-ring (bicyclic) bond motifs is 1. The summed E-state index contributed by atoms with van der Waals surface area (Å²) in [5, 5.41) is 0.710. The van der Waals surface area contributed by atoms with Gasteiger partial charge in [-0.25, -0.2) is 4.98 Å². The van der Waals surface area contributed by atoms with Gasteiger partial charge in [0, 0.05) is 23.3 Å². The van der Waals surface area contributed by atoms with Crippen LogP contribution in [0.4, 0.5) is 5.13 Å². The van der Waals surface area contributed by atoms with Gasteiger partial charge in [0.15, 0.2) is 5.13 Å². The third kappa shape index (κ3) is 4.98. The lowest BCUT2D eigenvalue weighted by Gasteiger charge is -2.19. The molecule has 0 saturated heterocycles. The first-order valence-corrected chi connectivity index (χ1v) is 11.4. The van der Waals surface area contributed by atoms with Crippen molar-refractivity contribution in [2.75, 3.05) is 17.8 Å². The van der Waals surface area contributed by atoms with Crippen molar-refractivity contribution in [1.29, 1.82) is 0 Å². The molecule has 2 heterocycles. The summed E-state index contributed by atoms with van der Waals surface area (Å²) >= 11 is 3.19. The van der Waals surface area contributed by atoms with Gasteiger partial charge in [-0.15, -0.1) is 11.8 Å². The van der Waals surface area contributed by atoms with Crippen LogP contribution in [0.2, 0.25) is 0 Å². The van der Waals surface area contributed by atoms with Crippen LogP contribution in [-0.2, 0) is 11.3 Å². The molecule has 4 rings (SSSR count). The number of thioether (sulfide) groups is 1. The zero-order chi connectivity index (χ0) is 20.8. The first kappa shape index (κ1) is 20.4. The second-order valence-corrected chi connectivity index (χ2v) is 8.72. The van der Waals surface area contributed by atoms with Crippen molar-refractivity contribution in [3.8, 4) is 5.75 Å². The molecule has 30 heavy (non-hydrogen) atoms. The summed E-state index contributed by atoms with van der Waals surface area (Å²) in [5.41, 5.74) is 1.75. The fourth-order valence-electron chi connectivity index (χ4n) is 2.95. The van der Waals surface area contributed by atoms with E-state index in [1.54, 1.807) is 30.0 Å². The summed E-state index contributed by atoms with van der Waals surface area (Å²) < 4.78 is 6.26. The summed E-state index contributed by atoms with van der Waals surface area (Å²) in [6.45, 7) is 0.409. The van der Waals surface area contributed by atoms with Crippen molar-refractivity contribution >= 4 is 44.4 Å². The van der Waals surface area contributed by atoms with Gasteiger partial charge in [0.2, 0.25) is 5.91 Å². The van der Waals surface area contributed by atoms with Crippen LogP contribution in [0.15, 0.2) is 77.8 Å². The van der Waals surface area contributed by atoms with Crippen molar-refractivity contribution in [2.24, 2.45) is 0 Å². The number of thiazole rings is 1. The average molecular weight is 436 g/mol. The Labute approximate surface area is 183 Å². The molecule has 0 aliphatic rings. The molecule has 0 unspecified atom stereocenters. The largest absolute Gasteiger partial charge is 0.497 e. The Kier molecular flexibility index (Phi) is 6.61. The van der Waals surface area contributed by atoms with Crippen LogP contribution in [0, 0.1) is 0 Å². The normalized spacial score (nSPS) is 10.8. The smallest absolute Gasteiger partial charge is 0.229 e. The van der Waals surface area contributed by atoms with Gasteiger partial charge in [0.05, 0.1) is 29.6 Å². The van der Waals surface area contributed by atoms with Gasteiger partial charge < -0.3 is 4.74 Å². The standard InChI is InChI=1S/C23H21N3O2S2/c1-28-18-9-11-19(12-10-18)29-15-13-22(27)26(16-17-6-4-5-14-24-17)23-25-20-7-2-3-8-21(20)30-23/h2-12,14H,13,15-16H2,1H3. The van der Waals surface area contributed by atoms with Gasteiger partial charge in [-0.05, 0) is 48.5 Å². The molecule has 0 spiro atoms. The highest BCUT2D eigenvalue weighted by Gasteiger charge is 2.20. The van der Waals surface area contributed by atoms with E-state index in [1.165, 1.54) is 11.3 Å². The quantitative estimate of drug-likeness (QED) is 0.346. The van der Waals surface area contributed by atoms with E-state index in [2.05, 4.69) is 4.98 Å². The number of anilines is 1. The number of rotatable bonds is 8. The van der Waals surface area contributed by atoms with Gasteiger partial charge in [0.1, 0.15) is 5.75 Å². The molecule has 4 aromatic rings. The van der Waals surface area contributed by atoms with Crippen molar-refractivity contribution in [3.05, 3.63) is 78.6 Å². The Morgan fingerprint density at radius 2 is 1.87 bits per heavy atom. The maximum Gasteiger partial charge on any atom is 0.229 e. The van der Waals surface area contributed by atoms with Crippen molar-refractivity contribution < 1.29 is 9.53 Å². The first-order valence-electron chi connectivity index (χ1n) is 9.55. The second kappa shape index (κ2) is 9.73. The molecule has 5 nitrogen and oxygen atoms in total. The van der Waals surface area contributed by atoms with Crippen LogP contribution in [-0.4, -0.2) is 28.7 Å². The molecule has 0 aliphatic carbocycles. The first-order chi connectivity index (χ1) is 14.7. The van der Waals surface area contributed by atoms with E-state index < -0.39 is 0 Å². The Balaban J connectivity index is 1.48. The van der Waals surface area contributed by atoms with Gasteiger partial charge >= 0.3 is 0 Å². The predicted octanol–water partition coefficient (Wildman–Crippen LogP) is 5.42. The molecule has 0 saturated carbocycles. The van der Waals surface area contributed by atoms with Gasteiger partial charge in [-0.3, -0.25) is 14.7 Å². The molecule has 7 heteroatoms. The predicted molar refractivity (Wildman–Crippen MR) is 123 cm³/mol. The minimum Gasteiger partial charge on any atom is -0.497 e. The highest BCUT2D eigenvalue weighted by atomic mass is 32.2. The second-order valence-electron chi connectivity index (χ2n) is 6.54. The third-order valence-corrected chi connectivity index (χ3v) is 6.58. The van der Waals surface area contributed by atoms with Crippen molar-refractivity contribution in [2.45, 2.75) is 17.9 Å².